The zero-order chi connectivity index (χ0) is 96.9. The van der Waals surface area contributed by atoms with Gasteiger partial charge in [0.2, 0.25) is 0 Å². The Labute approximate surface area is 804 Å². The molecule has 0 aliphatic heterocycles. The van der Waals surface area contributed by atoms with Crippen LogP contribution in [-0.4, -0.2) is 152 Å². The molecule has 9 unspecified atom stereocenters. The number of halogens is 1. The Morgan fingerprint density at radius 1 is 0.424 bits per heavy atom. The van der Waals surface area contributed by atoms with E-state index in [0.29, 0.717) is 126 Å². The van der Waals surface area contributed by atoms with Gasteiger partial charge < -0.3 is 62.4 Å². The number of carbonyl (C=O) groups is 3. The van der Waals surface area contributed by atoms with E-state index >= 15 is 0 Å². The van der Waals surface area contributed by atoms with Crippen LogP contribution in [0.1, 0.15) is 336 Å². The van der Waals surface area contributed by atoms with Crippen molar-refractivity contribution in [3.63, 3.8) is 0 Å². The number of rotatable bonds is 20. The largest absolute Gasteiger partial charge is 0.481 e. The highest BCUT2D eigenvalue weighted by Gasteiger charge is 2.63. The first-order valence-electron chi connectivity index (χ1n) is 52.1. The number of carboxylic acids is 1. The Morgan fingerprint density at radius 3 is 1.06 bits per heavy atom. The zero-order valence-electron chi connectivity index (χ0n) is 85.3. The number of aliphatic carboxylic acids is 1. The molecule has 15 aliphatic carbocycles. The first-order valence-corrected chi connectivity index (χ1v) is 53.9. The van der Waals surface area contributed by atoms with Crippen molar-refractivity contribution in [2.75, 3.05) is 72.1 Å². The van der Waals surface area contributed by atoms with Crippen molar-refractivity contribution >= 4 is 40.4 Å². The van der Waals surface area contributed by atoms with Gasteiger partial charge in [0.05, 0.1) is 44.4 Å². The number of nitrogens with zero attached hydrogens (tertiary/aromatic N) is 3. The number of azide groups is 1. The van der Waals surface area contributed by atoms with E-state index in [1.807, 2.05) is 0 Å². The second kappa shape index (κ2) is 45.5. The number of nitrogens with two attached hydrogens (primary N) is 3. The Balaban J connectivity index is 0.000000184. The van der Waals surface area contributed by atoms with Crippen LogP contribution in [0.4, 0.5) is 0 Å². The van der Waals surface area contributed by atoms with Gasteiger partial charge in [0.25, 0.3) is 16.1 Å². The summed E-state index contributed by atoms with van der Waals surface area (Å²) in [7, 11) is -3.50. The van der Waals surface area contributed by atoms with Gasteiger partial charge in [0.1, 0.15) is 0 Å². The highest BCUT2D eigenvalue weighted by Crippen LogP contribution is 2.70. The number of carbonyl (C=O) groups excluding carboxylic acids is 2. The maximum absolute atomic E-state index is 11.9. The normalized spacial score (nSPS) is 44.2. The van der Waals surface area contributed by atoms with Crippen molar-refractivity contribution in [2.45, 2.75) is 354 Å². The van der Waals surface area contributed by atoms with E-state index in [1.165, 1.54) is 126 Å². The molecule has 15 aliphatic rings. The average molecular weight is 1890 g/mol. The molecule has 13 N–H and O–H groups in total. The molecule has 13 fully saturated rings. The SMILES string of the molecule is C=C1CCC2[C@H](CN)C([C@@]3(C)CC[C@H](O)C[C@@H]3CO)CC[C@]12C.C=C1CCC2[C@H](CN)C([C@@]3(C)CC[C@H](O)C[C@@H]3CO)CC[C@]12C.C=C1CCC2[C@H](CN=[N+]=[N-])C([C@@]3(C)CC[C@H](C)C[C@@H]3COC(C)=O)CC[C@]12C.C=C1CCC2[C@H](COS(C)(=O)=O)C([C@@]3(C)CC[C@H](C)C[C@@H]3COC(C)=O)CC[C@]12C.CC(=O)O.CC1(C)CCC2=C1CCC([C@@]1(C)CC[C@H](O)C[C@@H]1CO)[C@H]2CN.Cl. The monoisotopic (exact) mass is 1890 g/mol. The molecule has 15 rings (SSSR count). The lowest BCUT2D eigenvalue weighted by molar-refractivity contribution is -0.149. The van der Waals surface area contributed by atoms with Crippen LogP contribution in [0.25, 0.3) is 10.4 Å². The lowest BCUT2D eigenvalue weighted by Gasteiger charge is -2.56. The summed E-state index contributed by atoms with van der Waals surface area (Å²) in [5, 5.41) is 71.5. The van der Waals surface area contributed by atoms with Gasteiger partial charge in [-0.3, -0.25) is 18.6 Å². The van der Waals surface area contributed by atoms with Gasteiger partial charge in [-0.1, -0.05) is 168 Å². The second-order valence-electron chi connectivity index (χ2n) is 48.9. The van der Waals surface area contributed by atoms with Crippen molar-refractivity contribution in [1.82, 2.24) is 0 Å². The van der Waals surface area contributed by atoms with E-state index in [2.05, 4.69) is 126 Å². The fourth-order valence-corrected chi connectivity index (χ4v) is 33.6. The number of allylic oxidation sites excluding steroid dienone is 5. The maximum atomic E-state index is 11.9. The van der Waals surface area contributed by atoms with Gasteiger partial charge >= 0.3 is 11.9 Å². The molecule has 756 valence electrons. The van der Waals surface area contributed by atoms with Crippen LogP contribution in [-0.2, 0) is 38.2 Å². The molecule has 0 aromatic rings. The lowest BCUT2D eigenvalue weighted by Crippen LogP contribution is -2.52. The summed E-state index contributed by atoms with van der Waals surface area (Å²) >= 11 is 0. The van der Waals surface area contributed by atoms with Crippen molar-refractivity contribution in [3.05, 3.63) is 70.2 Å². The van der Waals surface area contributed by atoms with Gasteiger partial charge in [-0.05, 0) is 415 Å². The van der Waals surface area contributed by atoms with Gasteiger partial charge in [-0.15, -0.1) is 12.4 Å². The van der Waals surface area contributed by atoms with E-state index in [4.69, 9.17) is 46.3 Å². The van der Waals surface area contributed by atoms with Gasteiger partial charge in [0.15, 0.2) is 0 Å². The summed E-state index contributed by atoms with van der Waals surface area (Å²) in [6, 6.07) is 0. The number of aliphatic hydroxyl groups excluding tert-OH is 6. The molecule has 13 saturated carbocycles. The van der Waals surface area contributed by atoms with Crippen LogP contribution < -0.4 is 17.2 Å². The van der Waals surface area contributed by atoms with Crippen LogP contribution in [0.3, 0.4) is 0 Å². The van der Waals surface area contributed by atoms with Crippen molar-refractivity contribution < 1.29 is 72.2 Å². The van der Waals surface area contributed by atoms with E-state index < -0.39 is 16.1 Å². The molecule has 0 aromatic carbocycles. The Morgan fingerprint density at radius 2 is 0.735 bits per heavy atom. The smallest absolute Gasteiger partial charge is 0.302 e. The number of hydrogen-bond donors (Lipinski definition) is 10. The summed E-state index contributed by atoms with van der Waals surface area (Å²) in [5.74, 6) is 8.28. The Bertz CT molecular complexity index is 4050. The average Bonchev–Trinajstić information content (AvgIpc) is 1.50. The van der Waals surface area contributed by atoms with E-state index in [1.54, 1.807) is 11.1 Å². The summed E-state index contributed by atoms with van der Waals surface area (Å²) in [6.07, 6.45) is 38.5. The molecule has 0 bridgehead atoms. The van der Waals surface area contributed by atoms with Gasteiger partial charge in [-0.2, -0.15) is 8.42 Å². The molecular weight excluding hydrogens is 1700 g/mol. The van der Waals surface area contributed by atoms with Gasteiger partial charge in [0, 0.05) is 52.0 Å². The van der Waals surface area contributed by atoms with Crippen molar-refractivity contribution in [3.8, 4) is 0 Å². The highest BCUT2D eigenvalue weighted by molar-refractivity contribution is 7.86. The van der Waals surface area contributed by atoms with E-state index in [9.17, 15) is 48.6 Å². The molecule has 0 amide bonds. The molecule has 0 radical (unpaired) electrons. The van der Waals surface area contributed by atoms with Crippen LogP contribution >= 0.6 is 12.4 Å². The van der Waals surface area contributed by atoms with Gasteiger partial charge in [-0.25, -0.2) is 0 Å². The highest BCUT2D eigenvalue weighted by atomic mass is 35.5. The first-order chi connectivity index (χ1) is 61.4. The number of aliphatic hydroxyl groups is 6. The predicted octanol–water partition coefficient (Wildman–Crippen LogP) is 21.2. The Hall–Kier alpha value is -3.74. The van der Waals surface area contributed by atoms with E-state index in [0.717, 1.165) is 168 Å². The topological polar surface area (TPSA) is 381 Å². The minimum Gasteiger partial charge on any atom is -0.481 e. The fraction of sp³-hybridized carbons (Fsp3) is 0.881. The number of hydrogen-bond acceptors (Lipinski definition) is 18. The van der Waals surface area contributed by atoms with Crippen LogP contribution in [0.5, 0.6) is 0 Å². The van der Waals surface area contributed by atoms with Crippen LogP contribution in [0.2, 0.25) is 0 Å². The second-order valence-corrected chi connectivity index (χ2v) is 50.5. The molecule has 0 spiro atoms. The third-order valence-corrected chi connectivity index (χ3v) is 42.6. The predicted molar refractivity (Wildman–Crippen MR) is 532 cm³/mol. The molecule has 132 heavy (non-hydrogen) atoms. The van der Waals surface area contributed by atoms with Crippen LogP contribution in [0, 0.1) is 178 Å². The molecule has 21 nitrogen and oxygen atoms in total. The van der Waals surface area contributed by atoms with Crippen molar-refractivity contribution in [2.24, 2.45) is 201 Å². The standard InChI is InChI=1S/C24H40O5S.C23H37N3O2.3C20H35NO2.C2H4O2.ClH/c1-16-9-11-24(5,19(13-16)14-28-18(3)25)22-10-12-23(4)17(2)7-8-21(23)20(22)15-29-30(6,26)27;1-15-8-10-23(5,18(12-15)14-28-17(3)27)21-9-11-22(4)16(2)6-7-20(22)19(21)13-25-26-24;1-19(2)8-7-15-16(11-21)18(5-4-17(15)19)20(3)9-6-14(23)10-13(20)12-22;2*1-13-4-5-17-16(11-21)18(7-9-19(13,17)2)20(3)8-6-15(23)10-14(20)12-22;1-2(3)4;/h16,19-22H,2,7-15H2,1,3-6H3;15,18-21H,2,6-14H2,1,3-5H3;13-14,16,18,22-23H,4-12,21H2,1-3H3;2*14-18,22-23H,1,4-12,21H2,2-3H3;1H3,(H,3,4);1H/t16-,19+,20-,21?,22?,23+,24-;15-,18+,19-,20?,21?,22+,23-;13-,14+,16+,18?,20+;2*14-,15+,16+,17?,18?,19-,20+;;/m00111../s1. The number of esters is 2. The minimum absolute atomic E-state index is 0. The summed E-state index contributed by atoms with van der Waals surface area (Å²) in [6.45, 7) is 56.9. The van der Waals surface area contributed by atoms with Crippen LogP contribution in [0.15, 0.2) is 64.9 Å². The summed E-state index contributed by atoms with van der Waals surface area (Å²) in [5.41, 5.74) is 38.4. The third-order valence-electron chi connectivity index (χ3n) is 42.0. The molecule has 23 heteroatoms. The molecule has 0 saturated heterocycles. The molecule has 0 heterocycles. The van der Waals surface area contributed by atoms with Crippen molar-refractivity contribution in [1.29, 1.82) is 0 Å². The minimum atomic E-state index is -3.50. The lowest BCUT2D eigenvalue weighted by atomic mass is 9.49. The number of carboxylic acid groups (broad SMARTS) is 1. The molecule has 33 atom stereocenters. The number of fused-ring (bicyclic) bond motifs is 4. The Kier molecular flexibility index (Phi) is 38.5. The first kappa shape index (κ1) is 112. The summed E-state index contributed by atoms with van der Waals surface area (Å²) in [4.78, 5) is 35.2. The quantitative estimate of drug-likeness (QED) is 0.0135. The molecular formula is C109H187ClN6O15S. The summed E-state index contributed by atoms with van der Waals surface area (Å²) < 4.78 is 40.2. The van der Waals surface area contributed by atoms with E-state index in [-0.39, 0.29) is 141 Å². The third kappa shape index (κ3) is 23.4. The number of ether oxygens (including phenoxy) is 2. The fourth-order valence-electron chi connectivity index (χ4n) is 33.2. The maximum Gasteiger partial charge on any atom is 0.302 e. The molecule has 0 aromatic heterocycles. The zero-order valence-corrected chi connectivity index (χ0v) is 86.9.